The highest BCUT2D eigenvalue weighted by Crippen LogP contribution is 2.26. The lowest BCUT2D eigenvalue weighted by Crippen LogP contribution is -2.28. The molecular weight excluding hydrogens is 454 g/mol. The number of methoxy groups -OCH3 is 1. The van der Waals surface area contributed by atoms with Crippen molar-refractivity contribution in [3.63, 3.8) is 0 Å². The molecule has 0 aliphatic carbocycles. The van der Waals surface area contributed by atoms with E-state index in [-0.39, 0.29) is 12.1 Å². The fraction of sp³-hybridized carbons (Fsp3) is 0.115. The van der Waals surface area contributed by atoms with E-state index in [0.717, 1.165) is 11.3 Å². The summed E-state index contributed by atoms with van der Waals surface area (Å²) in [4.78, 5) is 25.2. The Morgan fingerprint density at radius 2 is 1.68 bits per heavy atom. The van der Waals surface area contributed by atoms with Crippen molar-refractivity contribution in [3.05, 3.63) is 101 Å². The number of para-hydroxylation sites is 2. The zero-order valence-corrected chi connectivity index (χ0v) is 19.2. The van der Waals surface area contributed by atoms with Crippen molar-refractivity contribution in [1.29, 1.82) is 0 Å². The van der Waals surface area contributed by atoms with E-state index in [2.05, 4.69) is 10.4 Å². The van der Waals surface area contributed by atoms with E-state index in [1.807, 2.05) is 54.6 Å². The maximum absolute atomic E-state index is 12.9. The van der Waals surface area contributed by atoms with E-state index in [4.69, 9.17) is 21.1 Å². The molecule has 0 unspecified atom stereocenters. The highest BCUT2D eigenvalue weighted by atomic mass is 35.5. The number of carbonyl (C=O) groups is 2. The number of amides is 1. The summed E-state index contributed by atoms with van der Waals surface area (Å²) in [6, 6.07) is 23.7. The number of aromatic nitrogens is 2. The summed E-state index contributed by atoms with van der Waals surface area (Å²) in [7, 11) is 1.57. The van der Waals surface area contributed by atoms with Crippen LogP contribution in [-0.2, 0) is 16.1 Å². The largest absolute Gasteiger partial charge is 0.496 e. The van der Waals surface area contributed by atoms with Gasteiger partial charge in [0.05, 0.1) is 12.8 Å². The van der Waals surface area contributed by atoms with Crippen LogP contribution in [0.15, 0.2) is 85.1 Å². The van der Waals surface area contributed by atoms with Gasteiger partial charge in [-0.05, 0) is 30.3 Å². The monoisotopic (exact) mass is 475 g/mol. The second kappa shape index (κ2) is 10.7. The number of ether oxygens (including phenoxy) is 2. The van der Waals surface area contributed by atoms with Crippen molar-refractivity contribution in [2.75, 3.05) is 13.7 Å². The lowest BCUT2D eigenvalue weighted by molar-refractivity contribution is -0.124. The molecule has 1 aromatic heterocycles. The molecule has 0 saturated heterocycles. The Morgan fingerprint density at radius 3 is 2.41 bits per heavy atom. The van der Waals surface area contributed by atoms with Crippen LogP contribution in [0.2, 0.25) is 5.02 Å². The van der Waals surface area contributed by atoms with Crippen molar-refractivity contribution >= 4 is 23.5 Å². The van der Waals surface area contributed by atoms with E-state index in [9.17, 15) is 9.59 Å². The molecule has 0 fully saturated rings. The first kappa shape index (κ1) is 23.1. The van der Waals surface area contributed by atoms with Crippen molar-refractivity contribution in [3.8, 4) is 22.7 Å². The van der Waals surface area contributed by atoms with Gasteiger partial charge in [-0.2, -0.15) is 5.10 Å². The Kier molecular flexibility index (Phi) is 7.25. The van der Waals surface area contributed by atoms with E-state index in [0.29, 0.717) is 22.0 Å². The van der Waals surface area contributed by atoms with Gasteiger partial charge in [-0.15, -0.1) is 0 Å². The predicted octanol–water partition coefficient (Wildman–Crippen LogP) is 4.67. The molecule has 0 aliphatic heterocycles. The Hall–Kier alpha value is -4.10. The first-order valence-corrected chi connectivity index (χ1v) is 10.9. The van der Waals surface area contributed by atoms with Crippen molar-refractivity contribution < 1.29 is 19.1 Å². The summed E-state index contributed by atoms with van der Waals surface area (Å²) < 4.78 is 12.2. The molecule has 0 spiro atoms. The lowest BCUT2D eigenvalue weighted by Gasteiger charge is -2.10. The van der Waals surface area contributed by atoms with Crippen LogP contribution in [0.5, 0.6) is 5.75 Å². The van der Waals surface area contributed by atoms with Gasteiger partial charge in [-0.25, -0.2) is 9.48 Å². The highest BCUT2D eigenvalue weighted by Gasteiger charge is 2.21. The number of benzene rings is 3. The van der Waals surface area contributed by atoms with Crippen molar-refractivity contribution in [2.45, 2.75) is 6.54 Å². The van der Waals surface area contributed by atoms with Crippen LogP contribution in [0.4, 0.5) is 0 Å². The molecule has 1 heterocycles. The Morgan fingerprint density at radius 1 is 0.971 bits per heavy atom. The molecule has 4 aromatic rings. The molecule has 34 heavy (non-hydrogen) atoms. The zero-order valence-electron chi connectivity index (χ0n) is 18.4. The summed E-state index contributed by atoms with van der Waals surface area (Å²) in [5, 5.41) is 7.89. The van der Waals surface area contributed by atoms with Crippen LogP contribution in [0.1, 0.15) is 15.9 Å². The van der Waals surface area contributed by atoms with Crippen LogP contribution < -0.4 is 10.1 Å². The zero-order chi connectivity index (χ0) is 23.9. The molecular formula is C26H22ClN3O4. The first-order chi connectivity index (χ1) is 16.5. The molecule has 0 saturated carbocycles. The minimum Gasteiger partial charge on any atom is -0.496 e. The summed E-state index contributed by atoms with van der Waals surface area (Å²) in [5.74, 6) is -0.414. The molecule has 172 valence electrons. The number of halogens is 1. The third kappa shape index (κ3) is 5.44. The van der Waals surface area contributed by atoms with E-state index in [1.54, 1.807) is 42.3 Å². The molecule has 0 radical (unpaired) electrons. The second-order valence-corrected chi connectivity index (χ2v) is 7.78. The molecule has 1 amide bonds. The van der Waals surface area contributed by atoms with E-state index >= 15 is 0 Å². The SMILES string of the molecule is COc1ccccc1CNC(=O)COC(=O)c1cn(-c2ccccc2)nc1-c1ccc(Cl)cc1. The highest BCUT2D eigenvalue weighted by molar-refractivity contribution is 6.30. The normalized spacial score (nSPS) is 10.5. The van der Waals surface area contributed by atoms with Crippen molar-refractivity contribution in [2.24, 2.45) is 0 Å². The molecule has 1 N–H and O–H groups in total. The number of rotatable bonds is 8. The van der Waals surface area contributed by atoms with Gasteiger partial charge >= 0.3 is 5.97 Å². The summed E-state index contributed by atoms with van der Waals surface area (Å²) in [6.07, 6.45) is 1.59. The molecule has 3 aromatic carbocycles. The number of nitrogens with zero attached hydrogens (tertiary/aromatic N) is 2. The quantitative estimate of drug-likeness (QED) is 0.374. The van der Waals surface area contributed by atoms with Crippen LogP contribution in [0.3, 0.4) is 0 Å². The van der Waals surface area contributed by atoms with Gasteiger partial charge in [0.25, 0.3) is 5.91 Å². The predicted molar refractivity (Wildman–Crippen MR) is 129 cm³/mol. The number of hydrogen-bond acceptors (Lipinski definition) is 5. The number of nitrogens with one attached hydrogen (secondary N) is 1. The van der Waals surface area contributed by atoms with Crippen LogP contribution in [-0.4, -0.2) is 35.4 Å². The number of esters is 1. The average Bonchev–Trinajstić information content (AvgIpc) is 3.33. The summed E-state index contributed by atoms with van der Waals surface area (Å²) in [5.41, 5.74) is 2.97. The molecule has 7 nitrogen and oxygen atoms in total. The molecule has 0 bridgehead atoms. The standard InChI is InChI=1S/C26H22ClN3O4/c1-33-23-10-6-5-7-19(23)15-28-24(31)17-34-26(32)22-16-30(21-8-3-2-4-9-21)29-25(22)18-11-13-20(27)14-12-18/h2-14,16H,15,17H2,1H3,(H,28,31). The molecule has 4 rings (SSSR count). The topological polar surface area (TPSA) is 82.5 Å². The summed E-state index contributed by atoms with van der Waals surface area (Å²) >= 11 is 6.01. The fourth-order valence-corrected chi connectivity index (χ4v) is 3.49. The number of carbonyl (C=O) groups excluding carboxylic acids is 2. The Balaban J connectivity index is 1.48. The van der Waals surface area contributed by atoms with E-state index < -0.39 is 18.5 Å². The van der Waals surface area contributed by atoms with Gasteiger partial charge in [0.15, 0.2) is 6.61 Å². The Labute approximate surface area is 201 Å². The van der Waals surface area contributed by atoms with Gasteiger partial charge in [0.2, 0.25) is 0 Å². The van der Waals surface area contributed by atoms with Crippen LogP contribution >= 0.6 is 11.6 Å². The fourth-order valence-electron chi connectivity index (χ4n) is 3.36. The van der Waals surface area contributed by atoms with Crippen LogP contribution in [0.25, 0.3) is 16.9 Å². The Bertz CT molecular complexity index is 1290. The first-order valence-electron chi connectivity index (χ1n) is 10.5. The third-order valence-corrected chi connectivity index (χ3v) is 5.33. The maximum atomic E-state index is 12.9. The maximum Gasteiger partial charge on any atom is 0.342 e. The smallest absolute Gasteiger partial charge is 0.342 e. The van der Waals surface area contributed by atoms with Crippen molar-refractivity contribution in [1.82, 2.24) is 15.1 Å². The second-order valence-electron chi connectivity index (χ2n) is 7.34. The lowest BCUT2D eigenvalue weighted by atomic mass is 10.1. The van der Waals surface area contributed by atoms with Gasteiger partial charge in [0.1, 0.15) is 17.0 Å². The van der Waals surface area contributed by atoms with E-state index in [1.165, 1.54) is 0 Å². The minimum absolute atomic E-state index is 0.240. The molecule has 0 aliphatic rings. The van der Waals surface area contributed by atoms with Crippen LogP contribution in [0, 0.1) is 0 Å². The summed E-state index contributed by atoms with van der Waals surface area (Å²) in [6.45, 7) is -0.174. The minimum atomic E-state index is -0.653. The van der Waals surface area contributed by atoms with Gasteiger partial charge in [-0.1, -0.05) is 60.1 Å². The number of hydrogen-bond donors (Lipinski definition) is 1. The average molecular weight is 476 g/mol. The molecule has 0 atom stereocenters. The van der Waals surface area contributed by atoms with Gasteiger partial charge in [0, 0.05) is 28.9 Å². The van der Waals surface area contributed by atoms with Gasteiger partial charge in [-0.3, -0.25) is 4.79 Å². The molecule has 8 heteroatoms. The third-order valence-electron chi connectivity index (χ3n) is 5.08. The van der Waals surface area contributed by atoms with Gasteiger partial charge < -0.3 is 14.8 Å².